The minimum absolute atomic E-state index is 0.0169. The summed E-state index contributed by atoms with van der Waals surface area (Å²) < 4.78 is 0. The lowest BCUT2D eigenvalue weighted by Crippen LogP contribution is -2.42. The van der Waals surface area contributed by atoms with Crippen molar-refractivity contribution in [3.8, 4) is 0 Å². The Morgan fingerprint density at radius 2 is 2.26 bits per heavy atom. The van der Waals surface area contributed by atoms with Gasteiger partial charge in [-0.15, -0.1) is 0 Å². The first-order valence-electron chi connectivity index (χ1n) is 6.37. The highest BCUT2D eigenvalue weighted by atomic mass is 16.2. The Bertz CT molecular complexity index is 447. The average Bonchev–Trinajstić information content (AvgIpc) is 2.97. The number of rotatable bonds is 4. The molecule has 0 radical (unpaired) electrons. The smallest absolute Gasteiger partial charge is 0.245 e. The number of aromatic nitrogens is 2. The van der Waals surface area contributed by atoms with E-state index in [1.54, 1.807) is 17.4 Å². The molecule has 1 aliphatic rings. The standard InChI is InChI=1S/C13H18N4O2/c1-2-12(18)17-5-3-10(4-6-17)13(19)15-8-11-7-14-9-16-11/h2,7,9-10H,1,3-6,8H2,(H,14,16)(H,15,19). The van der Waals surface area contributed by atoms with Gasteiger partial charge in [0.15, 0.2) is 0 Å². The maximum Gasteiger partial charge on any atom is 0.245 e. The van der Waals surface area contributed by atoms with E-state index in [1.165, 1.54) is 6.08 Å². The molecule has 0 spiro atoms. The quantitative estimate of drug-likeness (QED) is 0.773. The molecule has 0 bridgehead atoms. The van der Waals surface area contributed by atoms with Crippen LogP contribution >= 0.6 is 0 Å². The van der Waals surface area contributed by atoms with Crippen LogP contribution in [-0.4, -0.2) is 39.8 Å². The van der Waals surface area contributed by atoms with Crippen LogP contribution in [0.4, 0.5) is 0 Å². The fourth-order valence-corrected chi connectivity index (χ4v) is 2.20. The molecule has 0 atom stereocenters. The van der Waals surface area contributed by atoms with Gasteiger partial charge in [0, 0.05) is 25.2 Å². The number of imidazole rings is 1. The van der Waals surface area contributed by atoms with Crippen LogP contribution in [0.25, 0.3) is 0 Å². The van der Waals surface area contributed by atoms with E-state index in [9.17, 15) is 9.59 Å². The minimum Gasteiger partial charge on any atom is -0.350 e. The third-order valence-electron chi connectivity index (χ3n) is 3.36. The molecule has 0 aliphatic carbocycles. The number of carbonyl (C=O) groups is 2. The van der Waals surface area contributed by atoms with E-state index in [4.69, 9.17) is 0 Å². The summed E-state index contributed by atoms with van der Waals surface area (Å²) in [7, 11) is 0. The summed E-state index contributed by atoms with van der Waals surface area (Å²) >= 11 is 0. The van der Waals surface area contributed by atoms with Crippen LogP contribution in [0, 0.1) is 5.92 Å². The van der Waals surface area contributed by atoms with E-state index in [0.29, 0.717) is 32.5 Å². The van der Waals surface area contributed by atoms with Gasteiger partial charge in [-0.3, -0.25) is 9.59 Å². The number of nitrogens with one attached hydrogen (secondary N) is 2. The molecule has 2 rings (SSSR count). The molecule has 0 unspecified atom stereocenters. The normalized spacial score (nSPS) is 16.1. The van der Waals surface area contributed by atoms with Crippen LogP contribution in [-0.2, 0) is 16.1 Å². The molecular formula is C13H18N4O2. The number of hydrogen-bond donors (Lipinski definition) is 2. The second-order valence-electron chi connectivity index (χ2n) is 4.60. The molecule has 102 valence electrons. The Kier molecular flexibility index (Phi) is 4.33. The molecule has 1 aliphatic heterocycles. The Labute approximate surface area is 111 Å². The number of piperidine rings is 1. The summed E-state index contributed by atoms with van der Waals surface area (Å²) in [5, 5.41) is 2.88. The van der Waals surface area contributed by atoms with Gasteiger partial charge in [0.25, 0.3) is 0 Å². The zero-order valence-corrected chi connectivity index (χ0v) is 10.8. The molecule has 6 heteroatoms. The summed E-state index contributed by atoms with van der Waals surface area (Å²) in [6.45, 7) is 5.17. The monoisotopic (exact) mass is 262 g/mol. The van der Waals surface area contributed by atoms with Crippen LogP contribution in [0.2, 0.25) is 0 Å². The van der Waals surface area contributed by atoms with Crippen LogP contribution in [0.15, 0.2) is 25.2 Å². The zero-order valence-electron chi connectivity index (χ0n) is 10.8. The lowest BCUT2D eigenvalue weighted by Gasteiger charge is -2.30. The number of nitrogens with zero attached hydrogens (tertiary/aromatic N) is 2. The van der Waals surface area contributed by atoms with E-state index in [0.717, 1.165) is 5.69 Å². The molecule has 0 saturated carbocycles. The number of carbonyl (C=O) groups excluding carboxylic acids is 2. The molecule has 2 heterocycles. The molecule has 1 aromatic heterocycles. The summed E-state index contributed by atoms with van der Waals surface area (Å²) in [5.41, 5.74) is 0.882. The van der Waals surface area contributed by atoms with Gasteiger partial charge in [-0.25, -0.2) is 4.98 Å². The molecule has 2 amide bonds. The van der Waals surface area contributed by atoms with Crippen molar-refractivity contribution in [1.29, 1.82) is 0 Å². The van der Waals surface area contributed by atoms with E-state index < -0.39 is 0 Å². The summed E-state index contributed by atoms with van der Waals surface area (Å²) in [6.07, 6.45) is 5.99. The predicted molar refractivity (Wildman–Crippen MR) is 69.9 cm³/mol. The van der Waals surface area contributed by atoms with Crippen LogP contribution in [0.1, 0.15) is 18.5 Å². The van der Waals surface area contributed by atoms with Gasteiger partial charge in [-0.1, -0.05) is 6.58 Å². The number of hydrogen-bond acceptors (Lipinski definition) is 3. The van der Waals surface area contributed by atoms with Crippen molar-refractivity contribution in [2.24, 2.45) is 5.92 Å². The van der Waals surface area contributed by atoms with Gasteiger partial charge in [-0.05, 0) is 18.9 Å². The van der Waals surface area contributed by atoms with Gasteiger partial charge >= 0.3 is 0 Å². The summed E-state index contributed by atoms with van der Waals surface area (Å²) in [6, 6.07) is 0. The van der Waals surface area contributed by atoms with Crippen LogP contribution in [0.3, 0.4) is 0 Å². The van der Waals surface area contributed by atoms with E-state index in [2.05, 4.69) is 21.9 Å². The Hall–Kier alpha value is -2.11. The molecule has 6 nitrogen and oxygen atoms in total. The summed E-state index contributed by atoms with van der Waals surface area (Å²) in [4.78, 5) is 31.9. The third kappa shape index (κ3) is 3.43. The fourth-order valence-electron chi connectivity index (χ4n) is 2.20. The SMILES string of the molecule is C=CC(=O)N1CCC(C(=O)NCc2cnc[nH]2)CC1. The molecule has 1 aromatic rings. The fraction of sp³-hybridized carbons (Fsp3) is 0.462. The highest BCUT2D eigenvalue weighted by Crippen LogP contribution is 2.17. The Morgan fingerprint density at radius 1 is 1.53 bits per heavy atom. The van der Waals surface area contributed by atoms with Crippen molar-refractivity contribution >= 4 is 11.8 Å². The molecule has 1 fully saturated rings. The minimum atomic E-state index is -0.0590. The lowest BCUT2D eigenvalue weighted by atomic mass is 9.96. The van der Waals surface area contributed by atoms with Gasteiger partial charge < -0.3 is 15.2 Å². The second-order valence-corrected chi connectivity index (χ2v) is 4.60. The van der Waals surface area contributed by atoms with E-state index in [1.807, 2.05) is 0 Å². The van der Waals surface area contributed by atoms with E-state index >= 15 is 0 Å². The zero-order chi connectivity index (χ0) is 13.7. The second kappa shape index (κ2) is 6.17. The van der Waals surface area contributed by atoms with Crippen molar-refractivity contribution in [3.63, 3.8) is 0 Å². The highest BCUT2D eigenvalue weighted by molar-refractivity contribution is 5.87. The number of likely N-dealkylation sites (tertiary alicyclic amines) is 1. The van der Waals surface area contributed by atoms with Crippen LogP contribution in [0.5, 0.6) is 0 Å². The predicted octanol–water partition coefficient (Wildman–Crippen LogP) is 0.450. The average molecular weight is 262 g/mol. The number of amides is 2. The molecule has 19 heavy (non-hydrogen) atoms. The highest BCUT2D eigenvalue weighted by Gasteiger charge is 2.26. The van der Waals surface area contributed by atoms with Crippen molar-refractivity contribution in [1.82, 2.24) is 20.2 Å². The molecule has 1 saturated heterocycles. The van der Waals surface area contributed by atoms with Crippen molar-refractivity contribution in [2.75, 3.05) is 13.1 Å². The maximum atomic E-state index is 12.0. The van der Waals surface area contributed by atoms with Crippen molar-refractivity contribution in [3.05, 3.63) is 30.9 Å². The Morgan fingerprint density at radius 3 is 2.84 bits per heavy atom. The molecular weight excluding hydrogens is 244 g/mol. The number of H-pyrrole nitrogens is 1. The molecule has 2 N–H and O–H groups in total. The van der Waals surface area contributed by atoms with E-state index in [-0.39, 0.29) is 17.7 Å². The van der Waals surface area contributed by atoms with Crippen LogP contribution < -0.4 is 5.32 Å². The maximum absolute atomic E-state index is 12.0. The van der Waals surface area contributed by atoms with Gasteiger partial charge in [-0.2, -0.15) is 0 Å². The lowest BCUT2D eigenvalue weighted by molar-refractivity contribution is -0.132. The first-order chi connectivity index (χ1) is 9.20. The molecule has 0 aromatic carbocycles. The number of aromatic amines is 1. The van der Waals surface area contributed by atoms with Gasteiger partial charge in [0.05, 0.1) is 18.6 Å². The summed E-state index contributed by atoms with van der Waals surface area (Å²) in [5.74, 6) is -0.0339. The third-order valence-corrected chi connectivity index (χ3v) is 3.36. The first-order valence-corrected chi connectivity index (χ1v) is 6.37. The van der Waals surface area contributed by atoms with Crippen molar-refractivity contribution in [2.45, 2.75) is 19.4 Å². The first kappa shape index (κ1) is 13.3. The Balaban J connectivity index is 1.76. The van der Waals surface area contributed by atoms with Gasteiger partial charge in [0.2, 0.25) is 11.8 Å². The topological polar surface area (TPSA) is 78.1 Å². The largest absolute Gasteiger partial charge is 0.350 e. The van der Waals surface area contributed by atoms with Gasteiger partial charge in [0.1, 0.15) is 0 Å². The van der Waals surface area contributed by atoms with Crippen molar-refractivity contribution < 1.29 is 9.59 Å².